The molecule has 102 valence electrons. The van der Waals surface area contributed by atoms with Crippen LogP contribution in [0.3, 0.4) is 0 Å². The van der Waals surface area contributed by atoms with Crippen molar-refractivity contribution < 1.29 is 14.3 Å². The summed E-state index contributed by atoms with van der Waals surface area (Å²) in [6.07, 6.45) is 2.16. The first-order valence-corrected chi connectivity index (χ1v) is 6.83. The summed E-state index contributed by atoms with van der Waals surface area (Å²) >= 11 is 0. The predicted molar refractivity (Wildman–Crippen MR) is 69.8 cm³/mol. The molecule has 4 unspecified atom stereocenters. The number of cyclic esters (lactones) is 2. The summed E-state index contributed by atoms with van der Waals surface area (Å²) in [5, 5.41) is 3.47. The molecule has 0 radical (unpaired) electrons. The molecule has 1 aliphatic carbocycles. The first-order valence-electron chi connectivity index (χ1n) is 6.83. The first kappa shape index (κ1) is 12.5. The van der Waals surface area contributed by atoms with Crippen LogP contribution in [0, 0.1) is 23.7 Å². The molecule has 2 aliphatic heterocycles. The summed E-state index contributed by atoms with van der Waals surface area (Å²) < 4.78 is 4.87. The molecule has 4 nitrogen and oxygen atoms in total. The number of esters is 2. The Balaban J connectivity index is 2.15. The standard InChI is InChI=1S/C15H19NO3/c1-6(2)10-12-11(14(17)19-15(12)18)8(4)9-5-7(3)16-13(9)10/h5-6,9-10,12-13,16H,1-4H3. The minimum Gasteiger partial charge on any atom is -0.389 e. The number of rotatable bonds is 1. The largest absolute Gasteiger partial charge is 0.389 e. The quantitative estimate of drug-likeness (QED) is 0.577. The number of carbonyl (C=O) groups is 2. The molecule has 1 N–H and O–H groups in total. The van der Waals surface area contributed by atoms with Gasteiger partial charge in [-0.3, -0.25) is 4.79 Å². The van der Waals surface area contributed by atoms with Crippen molar-refractivity contribution in [2.75, 3.05) is 0 Å². The van der Waals surface area contributed by atoms with Gasteiger partial charge in [0.2, 0.25) is 0 Å². The van der Waals surface area contributed by atoms with Crippen molar-refractivity contribution in [3.05, 3.63) is 22.9 Å². The number of nitrogens with one attached hydrogen (secondary N) is 1. The number of ether oxygens (including phenoxy) is 1. The maximum atomic E-state index is 12.0. The van der Waals surface area contributed by atoms with Gasteiger partial charge in [0.15, 0.2) is 0 Å². The minimum atomic E-state index is -0.436. The molecule has 0 bridgehead atoms. The summed E-state index contributed by atoms with van der Waals surface area (Å²) in [4.78, 5) is 24.0. The van der Waals surface area contributed by atoms with Crippen LogP contribution in [-0.4, -0.2) is 18.0 Å². The van der Waals surface area contributed by atoms with Crippen molar-refractivity contribution in [1.29, 1.82) is 0 Å². The van der Waals surface area contributed by atoms with E-state index in [0.717, 1.165) is 11.3 Å². The fourth-order valence-corrected chi connectivity index (χ4v) is 3.90. The summed E-state index contributed by atoms with van der Waals surface area (Å²) in [5.41, 5.74) is 2.73. The van der Waals surface area contributed by atoms with Crippen molar-refractivity contribution in [3.63, 3.8) is 0 Å². The summed E-state index contributed by atoms with van der Waals surface area (Å²) in [6.45, 7) is 8.19. The van der Waals surface area contributed by atoms with Gasteiger partial charge in [-0.1, -0.05) is 25.5 Å². The molecule has 1 fully saturated rings. The SMILES string of the molecule is CC1=CC2C(C)=C3C(=O)OC(=O)C3C(C(C)C)C2N1. The Morgan fingerprint density at radius 2 is 1.95 bits per heavy atom. The molecule has 0 aromatic carbocycles. The van der Waals surface area contributed by atoms with Gasteiger partial charge < -0.3 is 10.1 Å². The second-order valence-electron chi connectivity index (χ2n) is 6.15. The zero-order valence-corrected chi connectivity index (χ0v) is 11.7. The second-order valence-corrected chi connectivity index (χ2v) is 6.15. The van der Waals surface area contributed by atoms with Gasteiger partial charge >= 0.3 is 11.9 Å². The third-order valence-electron chi connectivity index (χ3n) is 4.68. The Bertz CT molecular complexity index is 530. The fraction of sp³-hybridized carbons (Fsp3) is 0.600. The Labute approximate surface area is 112 Å². The average Bonchev–Trinajstić information content (AvgIpc) is 2.81. The maximum Gasteiger partial charge on any atom is 0.342 e. The van der Waals surface area contributed by atoms with E-state index in [1.54, 1.807) is 0 Å². The van der Waals surface area contributed by atoms with E-state index in [9.17, 15) is 9.59 Å². The molecule has 0 saturated carbocycles. The summed E-state index contributed by atoms with van der Waals surface area (Å²) in [7, 11) is 0. The van der Waals surface area contributed by atoms with E-state index in [4.69, 9.17) is 4.74 Å². The molecule has 0 amide bonds. The van der Waals surface area contributed by atoms with Crippen molar-refractivity contribution >= 4 is 11.9 Å². The van der Waals surface area contributed by atoms with Gasteiger partial charge in [0.25, 0.3) is 0 Å². The highest BCUT2D eigenvalue weighted by atomic mass is 16.6. The van der Waals surface area contributed by atoms with E-state index in [2.05, 4.69) is 25.2 Å². The van der Waals surface area contributed by atoms with E-state index < -0.39 is 5.97 Å². The molecule has 3 aliphatic rings. The molecular formula is C15H19NO3. The van der Waals surface area contributed by atoms with Crippen molar-refractivity contribution in [3.8, 4) is 0 Å². The number of fused-ring (bicyclic) bond motifs is 2. The fourth-order valence-electron chi connectivity index (χ4n) is 3.90. The lowest BCUT2D eigenvalue weighted by Gasteiger charge is -2.39. The van der Waals surface area contributed by atoms with Crippen LogP contribution >= 0.6 is 0 Å². The topological polar surface area (TPSA) is 55.4 Å². The van der Waals surface area contributed by atoms with Crippen molar-refractivity contribution in [2.45, 2.75) is 33.7 Å². The predicted octanol–water partition coefficient (Wildman–Crippen LogP) is 1.78. The number of carbonyl (C=O) groups excluding carboxylic acids is 2. The molecular weight excluding hydrogens is 242 g/mol. The summed E-state index contributed by atoms with van der Waals surface area (Å²) in [6, 6.07) is 0.201. The highest BCUT2D eigenvalue weighted by molar-refractivity contribution is 6.08. The van der Waals surface area contributed by atoms with Gasteiger partial charge in [-0.15, -0.1) is 0 Å². The smallest absolute Gasteiger partial charge is 0.342 e. The molecule has 0 aromatic heterocycles. The van der Waals surface area contributed by atoms with E-state index in [1.807, 2.05) is 13.8 Å². The Kier molecular flexibility index (Phi) is 2.59. The van der Waals surface area contributed by atoms with Crippen LogP contribution in [-0.2, 0) is 14.3 Å². The summed E-state index contributed by atoms with van der Waals surface area (Å²) in [5.74, 6) is -0.572. The highest BCUT2D eigenvalue weighted by Crippen LogP contribution is 2.48. The number of hydrogen-bond acceptors (Lipinski definition) is 4. The van der Waals surface area contributed by atoms with E-state index in [1.165, 1.54) is 0 Å². The second kappa shape index (κ2) is 3.95. The van der Waals surface area contributed by atoms with Gasteiger partial charge in [-0.05, 0) is 25.7 Å². The van der Waals surface area contributed by atoms with Crippen LogP contribution in [0.4, 0.5) is 0 Å². The third-order valence-corrected chi connectivity index (χ3v) is 4.68. The van der Waals surface area contributed by atoms with E-state index in [-0.39, 0.29) is 29.8 Å². The lowest BCUT2D eigenvalue weighted by atomic mass is 9.65. The van der Waals surface area contributed by atoms with Crippen LogP contribution in [0.1, 0.15) is 27.7 Å². The van der Waals surface area contributed by atoms with Gasteiger partial charge in [-0.25, -0.2) is 4.79 Å². The van der Waals surface area contributed by atoms with Gasteiger partial charge in [0.1, 0.15) is 0 Å². The first-order chi connectivity index (χ1) is 8.91. The van der Waals surface area contributed by atoms with Gasteiger partial charge in [0, 0.05) is 17.7 Å². The maximum absolute atomic E-state index is 12.0. The van der Waals surface area contributed by atoms with Gasteiger partial charge in [-0.2, -0.15) is 0 Å². The lowest BCUT2D eigenvalue weighted by molar-refractivity contribution is -0.153. The molecule has 0 spiro atoms. The number of allylic oxidation sites excluding steroid dienone is 1. The Hall–Kier alpha value is -1.58. The normalized spacial score (nSPS) is 37.0. The van der Waals surface area contributed by atoms with E-state index >= 15 is 0 Å². The van der Waals surface area contributed by atoms with Crippen LogP contribution in [0.15, 0.2) is 22.9 Å². The lowest BCUT2D eigenvalue weighted by Crippen LogP contribution is -2.47. The van der Waals surface area contributed by atoms with E-state index in [0.29, 0.717) is 11.5 Å². The van der Waals surface area contributed by atoms with Crippen LogP contribution in [0.2, 0.25) is 0 Å². The van der Waals surface area contributed by atoms with Crippen molar-refractivity contribution in [1.82, 2.24) is 5.32 Å². The van der Waals surface area contributed by atoms with Crippen LogP contribution in [0.5, 0.6) is 0 Å². The molecule has 4 atom stereocenters. The number of hydrogen-bond donors (Lipinski definition) is 1. The third kappa shape index (κ3) is 1.58. The van der Waals surface area contributed by atoms with Crippen molar-refractivity contribution in [2.24, 2.45) is 23.7 Å². The molecule has 19 heavy (non-hydrogen) atoms. The Morgan fingerprint density at radius 1 is 1.26 bits per heavy atom. The Morgan fingerprint density at radius 3 is 2.58 bits per heavy atom. The van der Waals surface area contributed by atoms with Crippen LogP contribution < -0.4 is 5.32 Å². The van der Waals surface area contributed by atoms with Crippen LogP contribution in [0.25, 0.3) is 0 Å². The molecule has 4 heteroatoms. The van der Waals surface area contributed by atoms with Gasteiger partial charge in [0.05, 0.1) is 11.5 Å². The zero-order chi connectivity index (χ0) is 13.9. The molecule has 2 heterocycles. The monoisotopic (exact) mass is 261 g/mol. The highest BCUT2D eigenvalue weighted by Gasteiger charge is 2.54. The minimum absolute atomic E-state index is 0.108. The average molecular weight is 261 g/mol. The zero-order valence-electron chi connectivity index (χ0n) is 11.7. The molecule has 1 saturated heterocycles. The molecule has 0 aromatic rings. The molecule has 3 rings (SSSR count).